The van der Waals surface area contributed by atoms with Crippen LogP contribution >= 0.6 is 11.3 Å². The highest BCUT2D eigenvalue weighted by Gasteiger charge is 2.14. The fourth-order valence-electron chi connectivity index (χ4n) is 2.84. The first-order chi connectivity index (χ1) is 12.7. The number of nitrogens with zero attached hydrogens (tertiary/aromatic N) is 3. The molecule has 3 heterocycles. The van der Waals surface area contributed by atoms with Crippen LogP contribution in [-0.2, 0) is 6.54 Å². The normalized spacial score (nSPS) is 10.8. The smallest absolute Gasteiger partial charge is 0.139 e. The quantitative estimate of drug-likeness (QED) is 0.558. The first-order valence-electron chi connectivity index (χ1n) is 8.28. The SMILES string of the molecule is COc1ccc(-c2csc3nc(C)nc(NCc4ccccn4)c23)cc1. The summed E-state index contributed by atoms with van der Waals surface area (Å²) in [4.78, 5) is 14.6. The van der Waals surface area contributed by atoms with Crippen molar-refractivity contribution in [3.05, 3.63) is 65.6 Å². The van der Waals surface area contributed by atoms with Crippen LogP contribution in [0.3, 0.4) is 0 Å². The average molecular weight is 362 g/mol. The Hall–Kier alpha value is -2.99. The molecule has 4 aromatic rings. The molecule has 0 radical (unpaired) electrons. The van der Waals surface area contributed by atoms with Crippen molar-refractivity contribution in [2.45, 2.75) is 13.5 Å². The van der Waals surface area contributed by atoms with E-state index in [0.717, 1.165) is 44.4 Å². The van der Waals surface area contributed by atoms with Gasteiger partial charge in [-0.1, -0.05) is 18.2 Å². The third kappa shape index (κ3) is 3.23. The van der Waals surface area contributed by atoms with Gasteiger partial charge in [-0.2, -0.15) is 0 Å². The van der Waals surface area contributed by atoms with E-state index in [1.165, 1.54) is 0 Å². The Balaban J connectivity index is 1.75. The second-order valence-corrected chi connectivity index (χ2v) is 6.71. The van der Waals surface area contributed by atoms with Gasteiger partial charge in [0.05, 0.1) is 24.7 Å². The fraction of sp³-hybridized carbons (Fsp3) is 0.150. The van der Waals surface area contributed by atoms with E-state index in [4.69, 9.17) is 4.74 Å². The maximum atomic E-state index is 5.26. The van der Waals surface area contributed by atoms with Gasteiger partial charge in [0.2, 0.25) is 0 Å². The van der Waals surface area contributed by atoms with Crippen molar-refractivity contribution >= 4 is 27.4 Å². The molecule has 4 rings (SSSR count). The van der Waals surface area contributed by atoms with Crippen LogP contribution in [0, 0.1) is 6.92 Å². The Morgan fingerprint density at radius 1 is 1.08 bits per heavy atom. The minimum Gasteiger partial charge on any atom is -0.497 e. The van der Waals surface area contributed by atoms with E-state index in [-0.39, 0.29) is 0 Å². The summed E-state index contributed by atoms with van der Waals surface area (Å²) >= 11 is 1.63. The van der Waals surface area contributed by atoms with Crippen molar-refractivity contribution in [1.29, 1.82) is 0 Å². The number of hydrogen-bond acceptors (Lipinski definition) is 6. The molecule has 3 aromatic heterocycles. The van der Waals surface area contributed by atoms with Crippen molar-refractivity contribution < 1.29 is 4.74 Å². The van der Waals surface area contributed by atoms with E-state index in [0.29, 0.717) is 6.54 Å². The summed E-state index contributed by atoms with van der Waals surface area (Å²) in [6, 6.07) is 13.9. The molecule has 0 unspecified atom stereocenters. The number of aryl methyl sites for hydroxylation is 1. The number of methoxy groups -OCH3 is 1. The van der Waals surface area contributed by atoms with Crippen LogP contribution in [0.1, 0.15) is 11.5 Å². The molecular weight excluding hydrogens is 344 g/mol. The number of thiophene rings is 1. The van der Waals surface area contributed by atoms with Crippen LogP contribution in [0.2, 0.25) is 0 Å². The van der Waals surface area contributed by atoms with Crippen molar-refractivity contribution in [3.63, 3.8) is 0 Å². The zero-order valence-electron chi connectivity index (χ0n) is 14.6. The second kappa shape index (κ2) is 7.09. The van der Waals surface area contributed by atoms with Gasteiger partial charge in [0.25, 0.3) is 0 Å². The highest BCUT2D eigenvalue weighted by molar-refractivity contribution is 7.17. The van der Waals surface area contributed by atoms with E-state index in [1.54, 1.807) is 24.6 Å². The first-order valence-corrected chi connectivity index (χ1v) is 9.16. The van der Waals surface area contributed by atoms with Crippen LogP contribution in [0.15, 0.2) is 54.0 Å². The van der Waals surface area contributed by atoms with E-state index in [9.17, 15) is 0 Å². The van der Waals surface area contributed by atoms with Crippen molar-refractivity contribution in [3.8, 4) is 16.9 Å². The number of hydrogen-bond donors (Lipinski definition) is 1. The number of nitrogens with one attached hydrogen (secondary N) is 1. The minimum atomic E-state index is 0.615. The third-order valence-electron chi connectivity index (χ3n) is 4.11. The lowest BCUT2D eigenvalue weighted by molar-refractivity contribution is 0.415. The van der Waals surface area contributed by atoms with Crippen LogP contribution in [-0.4, -0.2) is 22.1 Å². The van der Waals surface area contributed by atoms with Gasteiger partial charge in [-0.15, -0.1) is 11.3 Å². The summed E-state index contributed by atoms with van der Waals surface area (Å²) < 4.78 is 5.26. The van der Waals surface area contributed by atoms with E-state index >= 15 is 0 Å². The van der Waals surface area contributed by atoms with Gasteiger partial charge in [0.1, 0.15) is 22.2 Å². The summed E-state index contributed by atoms with van der Waals surface area (Å²) in [6.45, 7) is 2.53. The number of aromatic nitrogens is 3. The minimum absolute atomic E-state index is 0.615. The molecule has 0 atom stereocenters. The van der Waals surface area contributed by atoms with Gasteiger partial charge >= 0.3 is 0 Å². The van der Waals surface area contributed by atoms with Crippen LogP contribution in [0.5, 0.6) is 5.75 Å². The van der Waals surface area contributed by atoms with Crippen LogP contribution in [0.25, 0.3) is 21.3 Å². The molecule has 130 valence electrons. The van der Waals surface area contributed by atoms with Crippen LogP contribution in [0.4, 0.5) is 5.82 Å². The van der Waals surface area contributed by atoms with E-state index in [2.05, 4.69) is 37.8 Å². The molecule has 26 heavy (non-hydrogen) atoms. The predicted octanol–water partition coefficient (Wildman–Crippen LogP) is 4.68. The molecule has 0 aliphatic rings. The molecule has 1 aromatic carbocycles. The molecular formula is C20H18N4OS. The molecule has 0 amide bonds. The Bertz CT molecular complexity index is 1030. The number of ether oxygens (including phenoxy) is 1. The number of rotatable bonds is 5. The largest absolute Gasteiger partial charge is 0.497 e. The molecule has 0 saturated heterocycles. The van der Waals surface area contributed by atoms with Gasteiger partial charge in [0.15, 0.2) is 0 Å². The van der Waals surface area contributed by atoms with E-state index < -0.39 is 0 Å². The summed E-state index contributed by atoms with van der Waals surface area (Å²) in [7, 11) is 1.67. The van der Waals surface area contributed by atoms with Crippen molar-refractivity contribution in [1.82, 2.24) is 15.0 Å². The van der Waals surface area contributed by atoms with Crippen molar-refractivity contribution in [2.75, 3.05) is 12.4 Å². The lowest BCUT2D eigenvalue weighted by Gasteiger charge is -2.09. The van der Waals surface area contributed by atoms with Gasteiger partial charge in [-0.05, 0) is 36.8 Å². The molecule has 6 heteroatoms. The Kier molecular flexibility index (Phi) is 4.50. The number of fused-ring (bicyclic) bond motifs is 1. The highest BCUT2D eigenvalue weighted by atomic mass is 32.1. The molecule has 0 fully saturated rings. The van der Waals surface area contributed by atoms with Crippen molar-refractivity contribution in [2.24, 2.45) is 0 Å². The molecule has 1 N–H and O–H groups in total. The van der Waals surface area contributed by atoms with Gasteiger partial charge in [-0.25, -0.2) is 9.97 Å². The first kappa shape index (κ1) is 16.5. The topological polar surface area (TPSA) is 59.9 Å². The average Bonchev–Trinajstić information content (AvgIpc) is 3.11. The second-order valence-electron chi connectivity index (χ2n) is 5.85. The molecule has 0 saturated carbocycles. The Morgan fingerprint density at radius 3 is 2.65 bits per heavy atom. The van der Waals surface area contributed by atoms with Gasteiger partial charge in [0, 0.05) is 17.1 Å². The maximum absolute atomic E-state index is 5.26. The third-order valence-corrected chi connectivity index (χ3v) is 4.98. The maximum Gasteiger partial charge on any atom is 0.139 e. The number of pyridine rings is 1. The fourth-order valence-corrected chi connectivity index (χ4v) is 3.83. The number of benzene rings is 1. The number of anilines is 1. The van der Waals surface area contributed by atoms with E-state index in [1.807, 2.05) is 37.3 Å². The zero-order valence-corrected chi connectivity index (χ0v) is 15.4. The highest BCUT2D eigenvalue weighted by Crippen LogP contribution is 2.37. The van der Waals surface area contributed by atoms with Gasteiger partial charge in [-0.3, -0.25) is 4.98 Å². The summed E-state index contributed by atoms with van der Waals surface area (Å²) in [5.41, 5.74) is 3.21. The molecule has 0 aliphatic carbocycles. The standard InChI is InChI=1S/C20H18N4OS/c1-13-23-19(22-11-15-5-3-4-10-21-15)18-17(12-26-20(18)24-13)14-6-8-16(25-2)9-7-14/h3-10,12H,11H2,1-2H3,(H,22,23,24). The lowest BCUT2D eigenvalue weighted by Crippen LogP contribution is -2.05. The van der Waals surface area contributed by atoms with Gasteiger partial charge < -0.3 is 10.1 Å². The Morgan fingerprint density at radius 2 is 1.92 bits per heavy atom. The Labute approximate surface area is 155 Å². The zero-order chi connectivity index (χ0) is 17.9. The monoisotopic (exact) mass is 362 g/mol. The predicted molar refractivity (Wildman–Crippen MR) is 106 cm³/mol. The summed E-state index contributed by atoms with van der Waals surface area (Å²) in [5, 5.41) is 6.61. The molecule has 5 nitrogen and oxygen atoms in total. The molecule has 0 bridgehead atoms. The molecule has 0 spiro atoms. The summed E-state index contributed by atoms with van der Waals surface area (Å²) in [5.74, 6) is 2.43. The molecule has 0 aliphatic heterocycles. The summed E-state index contributed by atoms with van der Waals surface area (Å²) in [6.07, 6.45) is 1.80. The lowest BCUT2D eigenvalue weighted by atomic mass is 10.1. The van der Waals surface area contributed by atoms with Crippen LogP contribution < -0.4 is 10.1 Å².